The van der Waals surface area contributed by atoms with Gasteiger partial charge in [-0.25, -0.2) is 8.78 Å². The zero-order valence-corrected chi connectivity index (χ0v) is 11.1. The Kier molecular flexibility index (Phi) is 4.69. The number of halogens is 2. The summed E-state index contributed by atoms with van der Waals surface area (Å²) in [5, 5.41) is 10.1. The lowest BCUT2D eigenvalue weighted by atomic mass is 10.0. The summed E-state index contributed by atoms with van der Waals surface area (Å²) >= 11 is 0. The smallest absolute Gasteiger partial charge is 0.162 e. The number of hydrogen-bond acceptors (Lipinski definition) is 2. The van der Waals surface area contributed by atoms with Crippen molar-refractivity contribution < 1.29 is 18.6 Å². The van der Waals surface area contributed by atoms with Crippen molar-refractivity contribution in [2.75, 3.05) is 6.61 Å². The van der Waals surface area contributed by atoms with Crippen LogP contribution in [0, 0.1) is 11.6 Å². The highest BCUT2D eigenvalue weighted by molar-refractivity contribution is 5.30. The second kappa shape index (κ2) is 6.48. The number of rotatable bonds is 5. The highest BCUT2D eigenvalue weighted by atomic mass is 19.2. The van der Waals surface area contributed by atoms with Crippen LogP contribution < -0.4 is 4.74 Å². The normalized spacial score (nSPS) is 12.2. The standard InChI is InChI=1S/C16H16F2O2/c1-2-20-13-8-6-11(7-9-13)15(19)10-12-4-3-5-14(17)16(12)18/h3-9,15,19H,2,10H2,1H3. The summed E-state index contributed by atoms with van der Waals surface area (Å²) < 4.78 is 31.9. The summed E-state index contributed by atoms with van der Waals surface area (Å²) in [6.45, 7) is 2.45. The summed E-state index contributed by atoms with van der Waals surface area (Å²) in [7, 11) is 0. The molecule has 0 heterocycles. The van der Waals surface area contributed by atoms with Crippen LogP contribution in [0.2, 0.25) is 0 Å². The van der Waals surface area contributed by atoms with E-state index < -0.39 is 17.7 Å². The van der Waals surface area contributed by atoms with Crippen molar-refractivity contribution in [1.82, 2.24) is 0 Å². The Morgan fingerprint density at radius 1 is 1.10 bits per heavy atom. The van der Waals surface area contributed by atoms with Gasteiger partial charge in [0.1, 0.15) is 5.75 Å². The Morgan fingerprint density at radius 2 is 1.80 bits per heavy atom. The van der Waals surface area contributed by atoms with E-state index in [-0.39, 0.29) is 12.0 Å². The van der Waals surface area contributed by atoms with Gasteiger partial charge in [0.25, 0.3) is 0 Å². The van der Waals surface area contributed by atoms with Gasteiger partial charge in [-0.05, 0) is 36.2 Å². The lowest BCUT2D eigenvalue weighted by Crippen LogP contribution is -2.04. The molecule has 0 bridgehead atoms. The minimum absolute atomic E-state index is 0.0254. The van der Waals surface area contributed by atoms with Gasteiger partial charge in [-0.1, -0.05) is 24.3 Å². The molecule has 106 valence electrons. The molecule has 0 spiro atoms. The second-order valence-electron chi connectivity index (χ2n) is 4.43. The van der Waals surface area contributed by atoms with Crippen molar-refractivity contribution in [1.29, 1.82) is 0 Å². The molecule has 0 aliphatic heterocycles. The van der Waals surface area contributed by atoms with Gasteiger partial charge in [0.2, 0.25) is 0 Å². The fraction of sp³-hybridized carbons (Fsp3) is 0.250. The Balaban J connectivity index is 2.11. The molecule has 0 amide bonds. The van der Waals surface area contributed by atoms with E-state index in [2.05, 4.69) is 0 Å². The van der Waals surface area contributed by atoms with E-state index in [1.54, 1.807) is 24.3 Å². The SMILES string of the molecule is CCOc1ccc(C(O)Cc2cccc(F)c2F)cc1. The second-order valence-corrected chi connectivity index (χ2v) is 4.43. The van der Waals surface area contributed by atoms with Gasteiger partial charge in [0.15, 0.2) is 11.6 Å². The first-order chi connectivity index (χ1) is 9.61. The van der Waals surface area contributed by atoms with Crippen molar-refractivity contribution in [3.8, 4) is 5.75 Å². The molecule has 4 heteroatoms. The Bertz CT molecular complexity index is 567. The van der Waals surface area contributed by atoms with Crippen LogP contribution in [0.25, 0.3) is 0 Å². The van der Waals surface area contributed by atoms with Crippen molar-refractivity contribution in [3.63, 3.8) is 0 Å². The molecular weight excluding hydrogens is 262 g/mol. The van der Waals surface area contributed by atoms with Gasteiger partial charge >= 0.3 is 0 Å². The van der Waals surface area contributed by atoms with Crippen LogP contribution in [0.1, 0.15) is 24.2 Å². The van der Waals surface area contributed by atoms with Gasteiger partial charge in [-0.15, -0.1) is 0 Å². The first-order valence-corrected chi connectivity index (χ1v) is 6.45. The Hall–Kier alpha value is -1.94. The quantitative estimate of drug-likeness (QED) is 0.904. The molecule has 0 aliphatic carbocycles. The monoisotopic (exact) mass is 278 g/mol. The third-order valence-corrected chi connectivity index (χ3v) is 3.02. The van der Waals surface area contributed by atoms with Crippen molar-refractivity contribution in [2.45, 2.75) is 19.4 Å². The molecule has 20 heavy (non-hydrogen) atoms. The molecule has 0 fully saturated rings. The fourth-order valence-electron chi connectivity index (χ4n) is 1.99. The van der Waals surface area contributed by atoms with Crippen LogP contribution in [0.4, 0.5) is 8.78 Å². The molecule has 0 aliphatic rings. The molecule has 2 aromatic rings. The molecule has 2 rings (SSSR count). The van der Waals surface area contributed by atoms with Crippen LogP contribution in [0.5, 0.6) is 5.75 Å². The molecule has 0 saturated heterocycles. The van der Waals surface area contributed by atoms with Crippen molar-refractivity contribution >= 4 is 0 Å². The number of aliphatic hydroxyl groups is 1. The molecule has 0 saturated carbocycles. The Labute approximate surface area is 116 Å². The van der Waals surface area contributed by atoms with Crippen LogP contribution in [0.3, 0.4) is 0 Å². The topological polar surface area (TPSA) is 29.5 Å². The van der Waals surface area contributed by atoms with E-state index in [0.717, 1.165) is 6.07 Å². The summed E-state index contributed by atoms with van der Waals surface area (Å²) in [6.07, 6.45) is -0.862. The Morgan fingerprint density at radius 3 is 2.45 bits per heavy atom. The van der Waals surface area contributed by atoms with E-state index in [4.69, 9.17) is 4.74 Å². The predicted molar refractivity (Wildman–Crippen MR) is 72.6 cm³/mol. The largest absolute Gasteiger partial charge is 0.494 e. The number of aliphatic hydroxyl groups excluding tert-OH is 1. The van der Waals surface area contributed by atoms with E-state index >= 15 is 0 Å². The summed E-state index contributed by atoms with van der Waals surface area (Å²) in [6, 6.07) is 10.9. The predicted octanol–water partition coefficient (Wildman–Crippen LogP) is 3.64. The molecule has 1 unspecified atom stereocenters. The molecule has 0 aromatic heterocycles. The molecule has 1 N–H and O–H groups in total. The van der Waals surface area contributed by atoms with Gasteiger partial charge in [0, 0.05) is 6.42 Å². The minimum atomic E-state index is -0.905. The minimum Gasteiger partial charge on any atom is -0.494 e. The summed E-state index contributed by atoms with van der Waals surface area (Å²) in [4.78, 5) is 0. The van der Waals surface area contributed by atoms with Crippen LogP contribution in [0.15, 0.2) is 42.5 Å². The van der Waals surface area contributed by atoms with Crippen LogP contribution in [-0.2, 0) is 6.42 Å². The lowest BCUT2D eigenvalue weighted by Gasteiger charge is -2.12. The maximum atomic E-state index is 13.5. The zero-order valence-electron chi connectivity index (χ0n) is 11.1. The maximum Gasteiger partial charge on any atom is 0.162 e. The van der Waals surface area contributed by atoms with Crippen molar-refractivity contribution in [3.05, 3.63) is 65.2 Å². The zero-order chi connectivity index (χ0) is 14.5. The van der Waals surface area contributed by atoms with E-state index in [1.165, 1.54) is 12.1 Å². The van der Waals surface area contributed by atoms with Gasteiger partial charge in [-0.3, -0.25) is 0 Å². The summed E-state index contributed by atoms with van der Waals surface area (Å²) in [5.41, 5.74) is 0.795. The van der Waals surface area contributed by atoms with Crippen LogP contribution in [-0.4, -0.2) is 11.7 Å². The van der Waals surface area contributed by atoms with Crippen molar-refractivity contribution in [2.24, 2.45) is 0 Å². The maximum absolute atomic E-state index is 13.5. The molecule has 1 atom stereocenters. The van der Waals surface area contributed by atoms with Gasteiger partial charge < -0.3 is 9.84 Å². The molecule has 0 radical (unpaired) electrons. The van der Waals surface area contributed by atoms with E-state index in [0.29, 0.717) is 17.9 Å². The van der Waals surface area contributed by atoms with E-state index in [9.17, 15) is 13.9 Å². The number of ether oxygens (including phenoxy) is 1. The van der Waals surface area contributed by atoms with E-state index in [1.807, 2.05) is 6.92 Å². The number of hydrogen-bond donors (Lipinski definition) is 1. The third-order valence-electron chi connectivity index (χ3n) is 3.02. The number of benzene rings is 2. The first-order valence-electron chi connectivity index (χ1n) is 6.45. The van der Waals surface area contributed by atoms with Crippen LogP contribution >= 0.6 is 0 Å². The van der Waals surface area contributed by atoms with Gasteiger partial charge in [0.05, 0.1) is 12.7 Å². The average molecular weight is 278 g/mol. The average Bonchev–Trinajstić information content (AvgIpc) is 2.45. The third kappa shape index (κ3) is 3.33. The van der Waals surface area contributed by atoms with Gasteiger partial charge in [-0.2, -0.15) is 0 Å². The fourth-order valence-corrected chi connectivity index (χ4v) is 1.99. The first kappa shape index (κ1) is 14.5. The molecule has 2 aromatic carbocycles. The lowest BCUT2D eigenvalue weighted by molar-refractivity contribution is 0.176. The highest BCUT2D eigenvalue weighted by Gasteiger charge is 2.14. The highest BCUT2D eigenvalue weighted by Crippen LogP contribution is 2.23. The molecule has 2 nitrogen and oxygen atoms in total. The summed E-state index contributed by atoms with van der Waals surface area (Å²) in [5.74, 6) is -1.10. The molecular formula is C16H16F2O2.